The van der Waals surface area contributed by atoms with Crippen LogP contribution >= 0.6 is 20.8 Å². The van der Waals surface area contributed by atoms with Crippen molar-refractivity contribution >= 4 is 26.1 Å². The fourth-order valence-corrected chi connectivity index (χ4v) is 3.37. The van der Waals surface area contributed by atoms with Gasteiger partial charge in [0, 0.05) is 5.02 Å². The molecule has 3 rings (SSSR count). The highest BCUT2D eigenvalue weighted by molar-refractivity contribution is 7.27. The molecule has 1 nitrogen and oxygen atoms in total. The third-order valence-electron chi connectivity index (χ3n) is 4.38. The monoisotopic (exact) mass is 318 g/mol. The van der Waals surface area contributed by atoms with Crippen LogP contribution in [0.1, 0.15) is 31.7 Å². The standard InChI is InChI=1S/C18H20ClOP/c1-2-13-11-18(12-13,14-3-5-15(19)6-4-14)20-16-7-9-17(21)10-8-16/h3-10,13H,2,11-12,21H2,1H3. The van der Waals surface area contributed by atoms with Crippen molar-refractivity contribution in [3.63, 3.8) is 0 Å². The number of rotatable bonds is 4. The first-order valence-corrected chi connectivity index (χ1v) is 8.37. The van der Waals surface area contributed by atoms with E-state index in [0.717, 1.165) is 29.5 Å². The first-order valence-electron chi connectivity index (χ1n) is 7.42. The minimum Gasteiger partial charge on any atom is -0.483 e. The van der Waals surface area contributed by atoms with Crippen molar-refractivity contribution in [2.75, 3.05) is 0 Å². The Kier molecular flexibility index (Phi) is 4.24. The van der Waals surface area contributed by atoms with E-state index in [0.29, 0.717) is 0 Å². The summed E-state index contributed by atoms with van der Waals surface area (Å²) < 4.78 is 6.40. The molecule has 1 atom stereocenters. The van der Waals surface area contributed by atoms with Gasteiger partial charge < -0.3 is 4.74 Å². The summed E-state index contributed by atoms with van der Waals surface area (Å²) in [6, 6.07) is 16.3. The predicted octanol–water partition coefficient (Wildman–Crippen LogP) is 4.93. The molecule has 0 bridgehead atoms. The van der Waals surface area contributed by atoms with Crippen LogP contribution in [0.5, 0.6) is 5.75 Å². The average Bonchev–Trinajstić information content (AvgIpc) is 2.45. The zero-order chi connectivity index (χ0) is 14.9. The molecule has 1 aliphatic carbocycles. The molecule has 21 heavy (non-hydrogen) atoms. The summed E-state index contributed by atoms with van der Waals surface area (Å²) in [7, 11) is 2.70. The summed E-state index contributed by atoms with van der Waals surface area (Å²) in [5.41, 5.74) is 1.04. The minimum atomic E-state index is -0.187. The van der Waals surface area contributed by atoms with Crippen molar-refractivity contribution in [1.29, 1.82) is 0 Å². The van der Waals surface area contributed by atoms with E-state index in [9.17, 15) is 0 Å². The van der Waals surface area contributed by atoms with Gasteiger partial charge in [-0.05, 0) is 53.9 Å². The molecular weight excluding hydrogens is 299 g/mol. The highest BCUT2D eigenvalue weighted by Gasteiger charge is 2.47. The van der Waals surface area contributed by atoms with Gasteiger partial charge in [-0.1, -0.05) is 49.2 Å². The van der Waals surface area contributed by atoms with Gasteiger partial charge in [0.05, 0.1) is 0 Å². The summed E-state index contributed by atoms with van der Waals surface area (Å²) in [4.78, 5) is 0. The van der Waals surface area contributed by atoms with Crippen molar-refractivity contribution in [3.05, 3.63) is 59.1 Å². The lowest BCUT2D eigenvalue weighted by molar-refractivity contribution is -0.0569. The number of hydrogen-bond donors (Lipinski definition) is 0. The van der Waals surface area contributed by atoms with E-state index < -0.39 is 0 Å². The third-order valence-corrected chi connectivity index (χ3v) is 5.01. The lowest BCUT2D eigenvalue weighted by Gasteiger charge is -2.47. The molecule has 1 saturated carbocycles. The van der Waals surface area contributed by atoms with E-state index in [4.69, 9.17) is 16.3 Å². The molecule has 0 N–H and O–H groups in total. The second-order valence-corrected chi connectivity index (χ2v) is 6.96. The second-order valence-electron chi connectivity index (χ2n) is 5.85. The fourth-order valence-electron chi connectivity index (χ4n) is 3.05. The predicted molar refractivity (Wildman–Crippen MR) is 92.6 cm³/mol. The molecule has 0 aromatic heterocycles. The Morgan fingerprint density at radius 2 is 1.71 bits per heavy atom. The summed E-state index contributed by atoms with van der Waals surface area (Å²) in [6.45, 7) is 2.25. The highest BCUT2D eigenvalue weighted by atomic mass is 35.5. The molecule has 2 aromatic carbocycles. The smallest absolute Gasteiger partial charge is 0.134 e. The molecule has 1 aliphatic rings. The molecule has 2 aromatic rings. The fraction of sp³-hybridized carbons (Fsp3) is 0.333. The molecule has 0 saturated heterocycles. The molecular formula is C18H20ClOP. The van der Waals surface area contributed by atoms with Crippen molar-refractivity contribution < 1.29 is 4.74 Å². The molecule has 0 amide bonds. The first-order chi connectivity index (χ1) is 10.1. The SMILES string of the molecule is CCC1CC(Oc2ccc(P)cc2)(c2ccc(Cl)cc2)C1. The van der Waals surface area contributed by atoms with Crippen molar-refractivity contribution in [2.24, 2.45) is 5.92 Å². The summed E-state index contributed by atoms with van der Waals surface area (Å²) in [5.74, 6) is 1.69. The molecule has 0 aliphatic heterocycles. The van der Waals surface area contributed by atoms with E-state index in [1.807, 2.05) is 24.3 Å². The third kappa shape index (κ3) is 3.10. The summed E-state index contributed by atoms with van der Waals surface area (Å²) in [6.07, 6.45) is 3.37. The number of benzene rings is 2. The lowest BCUT2D eigenvalue weighted by atomic mass is 9.66. The summed E-state index contributed by atoms with van der Waals surface area (Å²) in [5, 5.41) is 1.94. The molecule has 1 fully saturated rings. The van der Waals surface area contributed by atoms with Gasteiger partial charge in [0.15, 0.2) is 0 Å². The van der Waals surface area contributed by atoms with Gasteiger partial charge in [-0.2, -0.15) is 0 Å². The van der Waals surface area contributed by atoms with E-state index in [-0.39, 0.29) is 5.60 Å². The molecule has 110 valence electrons. The molecule has 1 unspecified atom stereocenters. The second kappa shape index (κ2) is 5.99. The zero-order valence-electron chi connectivity index (χ0n) is 12.2. The molecule has 0 heterocycles. The van der Waals surface area contributed by atoms with E-state index in [1.54, 1.807) is 0 Å². The van der Waals surface area contributed by atoms with Crippen LogP contribution < -0.4 is 10.0 Å². The quantitative estimate of drug-likeness (QED) is 0.726. The van der Waals surface area contributed by atoms with E-state index >= 15 is 0 Å². The van der Waals surface area contributed by atoms with Gasteiger partial charge in [0.1, 0.15) is 11.4 Å². The van der Waals surface area contributed by atoms with Gasteiger partial charge in [0.2, 0.25) is 0 Å². The maximum Gasteiger partial charge on any atom is 0.134 e. The van der Waals surface area contributed by atoms with Crippen LogP contribution in [0.4, 0.5) is 0 Å². The Balaban J connectivity index is 1.87. The highest BCUT2D eigenvalue weighted by Crippen LogP contribution is 2.50. The largest absolute Gasteiger partial charge is 0.483 e. The van der Waals surface area contributed by atoms with Gasteiger partial charge in [0.25, 0.3) is 0 Å². The van der Waals surface area contributed by atoms with Gasteiger partial charge in [-0.3, -0.25) is 0 Å². The Bertz CT molecular complexity index is 600. The van der Waals surface area contributed by atoms with Gasteiger partial charge >= 0.3 is 0 Å². The van der Waals surface area contributed by atoms with Gasteiger partial charge in [-0.25, -0.2) is 0 Å². The van der Waals surface area contributed by atoms with E-state index in [1.165, 1.54) is 17.3 Å². The Morgan fingerprint density at radius 3 is 2.29 bits per heavy atom. The number of hydrogen-bond acceptors (Lipinski definition) is 1. The number of ether oxygens (including phenoxy) is 1. The molecule has 0 radical (unpaired) electrons. The Morgan fingerprint density at radius 1 is 1.10 bits per heavy atom. The normalized spacial score (nSPS) is 24.4. The first kappa shape index (κ1) is 14.9. The molecule has 3 heteroatoms. The van der Waals surface area contributed by atoms with E-state index in [2.05, 4.69) is 40.4 Å². The van der Waals surface area contributed by atoms with Crippen LogP contribution in [0.15, 0.2) is 48.5 Å². The van der Waals surface area contributed by atoms with Crippen LogP contribution in [0, 0.1) is 5.92 Å². The topological polar surface area (TPSA) is 9.23 Å². The van der Waals surface area contributed by atoms with Crippen LogP contribution in [-0.2, 0) is 5.60 Å². The average molecular weight is 319 g/mol. The van der Waals surface area contributed by atoms with Crippen molar-refractivity contribution in [1.82, 2.24) is 0 Å². The molecule has 0 spiro atoms. The minimum absolute atomic E-state index is 0.187. The Hall–Kier alpha value is -1.04. The van der Waals surface area contributed by atoms with Crippen molar-refractivity contribution in [3.8, 4) is 5.75 Å². The summed E-state index contributed by atoms with van der Waals surface area (Å²) >= 11 is 6.01. The van der Waals surface area contributed by atoms with Crippen LogP contribution in [-0.4, -0.2) is 0 Å². The number of halogens is 1. The maximum absolute atomic E-state index is 6.40. The van der Waals surface area contributed by atoms with Crippen molar-refractivity contribution in [2.45, 2.75) is 31.8 Å². The van der Waals surface area contributed by atoms with Gasteiger partial charge in [-0.15, -0.1) is 9.24 Å². The lowest BCUT2D eigenvalue weighted by Crippen LogP contribution is -2.46. The van der Waals surface area contributed by atoms with Crippen LogP contribution in [0.2, 0.25) is 5.02 Å². The van der Waals surface area contributed by atoms with Crippen LogP contribution in [0.25, 0.3) is 0 Å². The maximum atomic E-state index is 6.40. The zero-order valence-corrected chi connectivity index (χ0v) is 14.1. The van der Waals surface area contributed by atoms with Crippen LogP contribution in [0.3, 0.4) is 0 Å². The Labute approximate surface area is 133 Å².